The molecule has 5 N–H and O–H groups in total. The first-order valence-electron chi connectivity index (χ1n) is 10.8. The molecule has 0 radical (unpaired) electrons. The molecule has 2 aliphatic rings. The molecule has 2 saturated carbocycles. The first kappa shape index (κ1) is 21.6. The zero-order chi connectivity index (χ0) is 23.2. The maximum Gasteiger partial charge on any atom is 0.326 e. The number of aromatic nitrogens is 6. The fourth-order valence-corrected chi connectivity index (χ4v) is 4.83. The zero-order valence-electron chi connectivity index (χ0n) is 17.9. The van der Waals surface area contributed by atoms with E-state index in [0.29, 0.717) is 22.4 Å². The number of sulfonamides is 1. The summed E-state index contributed by atoms with van der Waals surface area (Å²) in [5.74, 6) is 0.137. The fraction of sp³-hybridized carbons (Fsp3) is 0.526. The van der Waals surface area contributed by atoms with Gasteiger partial charge >= 0.3 is 5.69 Å². The topological polar surface area (TPSA) is 183 Å². The van der Waals surface area contributed by atoms with E-state index in [0.717, 1.165) is 38.5 Å². The Hall–Kier alpha value is -3.26. The predicted octanol–water partition coefficient (Wildman–Crippen LogP) is -1.27. The van der Waals surface area contributed by atoms with Gasteiger partial charge in [-0.05, 0) is 44.6 Å². The van der Waals surface area contributed by atoms with Crippen LogP contribution in [0.2, 0.25) is 0 Å². The minimum absolute atomic E-state index is 0.0610. The maximum atomic E-state index is 11.5. The molecule has 0 aromatic carbocycles. The lowest BCUT2D eigenvalue weighted by molar-refractivity contribution is 0.387. The van der Waals surface area contributed by atoms with Crippen LogP contribution in [0.4, 0.5) is 5.95 Å². The number of H-pyrrole nitrogens is 2. The maximum absolute atomic E-state index is 11.5. The highest BCUT2D eigenvalue weighted by Crippen LogP contribution is 2.23. The van der Waals surface area contributed by atoms with Crippen molar-refractivity contribution in [1.82, 2.24) is 34.3 Å². The number of fused-ring (bicyclic) bond motifs is 1. The number of anilines is 1. The molecule has 33 heavy (non-hydrogen) atoms. The summed E-state index contributed by atoms with van der Waals surface area (Å²) >= 11 is 0. The van der Waals surface area contributed by atoms with Gasteiger partial charge in [0.1, 0.15) is 5.69 Å². The standard InChI is InChI=1S/C19H25N9O4S/c1-33(31,32)27-13-6-4-11(5-7-13)21-17-24-15-10(8-14-16(29)25-19(30)23-14)9-20-28(15)18(26-17)22-12-2-3-12/h8-9,11-13,27,29H,2-7H2,1H3,(H,21,22,26)(H2,23,25,30). The second-order valence-corrected chi connectivity index (χ2v) is 10.4. The van der Waals surface area contributed by atoms with Crippen molar-refractivity contribution in [3.05, 3.63) is 33.2 Å². The number of rotatable bonds is 6. The minimum Gasteiger partial charge on any atom is -0.493 e. The van der Waals surface area contributed by atoms with Crippen molar-refractivity contribution in [2.45, 2.75) is 56.7 Å². The summed E-state index contributed by atoms with van der Waals surface area (Å²) < 4.78 is 27.2. The molecule has 3 aromatic heterocycles. The quantitative estimate of drug-likeness (QED) is 0.292. The molecule has 2 aliphatic carbocycles. The monoisotopic (exact) mass is 475 g/mol. The average Bonchev–Trinajstić information content (AvgIpc) is 3.37. The van der Waals surface area contributed by atoms with Crippen LogP contribution in [0.15, 0.2) is 16.0 Å². The van der Waals surface area contributed by atoms with E-state index in [9.17, 15) is 18.3 Å². The highest BCUT2D eigenvalue weighted by molar-refractivity contribution is 7.88. The normalized spacial score (nSPS) is 22.8. The zero-order valence-corrected chi connectivity index (χ0v) is 18.8. The predicted molar refractivity (Wildman–Crippen MR) is 119 cm³/mol. The van der Waals surface area contributed by atoms with Gasteiger partial charge in [0.15, 0.2) is 5.65 Å². The molecule has 0 saturated heterocycles. The molecule has 0 unspecified atom stereocenters. The number of nitrogens with one attached hydrogen (secondary N) is 4. The largest absolute Gasteiger partial charge is 0.493 e. The molecule has 0 bridgehead atoms. The van der Waals surface area contributed by atoms with E-state index >= 15 is 0 Å². The first-order chi connectivity index (χ1) is 15.7. The highest BCUT2D eigenvalue weighted by atomic mass is 32.2. The highest BCUT2D eigenvalue weighted by Gasteiger charge is 2.24. The molecule has 3 heterocycles. The van der Waals surface area contributed by atoms with E-state index in [1.54, 1.807) is 16.8 Å². The average molecular weight is 476 g/mol. The van der Waals surface area contributed by atoms with E-state index in [1.165, 1.54) is 6.26 Å². The SMILES string of the molecule is CS(=O)(=O)NC1CCC(Nc2nc(=NC3CC3)n3ncc(=Cc4[nH]c(=O)[nH]c4O)c3n2)CC1. The van der Waals surface area contributed by atoms with Gasteiger partial charge in [-0.3, -0.25) is 4.98 Å². The van der Waals surface area contributed by atoms with Crippen molar-refractivity contribution in [3.8, 4) is 5.88 Å². The van der Waals surface area contributed by atoms with Crippen molar-refractivity contribution >= 4 is 27.7 Å². The van der Waals surface area contributed by atoms with Gasteiger partial charge in [0.2, 0.25) is 21.9 Å². The van der Waals surface area contributed by atoms with Crippen LogP contribution in [0.5, 0.6) is 5.88 Å². The van der Waals surface area contributed by atoms with E-state index in [1.807, 2.05) is 0 Å². The lowest BCUT2D eigenvalue weighted by atomic mass is 9.92. The molecule has 14 heteroatoms. The molecule has 0 spiro atoms. The molecule has 0 amide bonds. The molecule has 2 fully saturated rings. The van der Waals surface area contributed by atoms with Crippen LogP contribution in [0, 0.1) is 0 Å². The number of imidazole rings is 1. The van der Waals surface area contributed by atoms with Gasteiger partial charge in [0.05, 0.1) is 18.5 Å². The van der Waals surface area contributed by atoms with Gasteiger partial charge in [-0.25, -0.2) is 22.9 Å². The van der Waals surface area contributed by atoms with Crippen molar-refractivity contribution in [2.24, 2.45) is 4.99 Å². The van der Waals surface area contributed by atoms with Crippen LogP contribution in [-0.4, -0.2) is 67.5 Å². The Bertz CT molecular complexity index is 1460. The molecule has 0 atom stereocenters. The molecule has 5 rings (SSSR count). The van der Waals surface area contributed by atoms with Gasteiger partial charge in [0, 0.05) is 17.3 Å². The molecule has 0 aliphatic heterocycles. The van der Waals surface area contributed by atoms with Crippen molar-refractivity contribution < 1.29 is 13.5 Å². The third kappa shape index (κ3) is 5.06. The van der Waals surface area contributed by atoms with Crippen molar-refractivity contribution in [1.29, 1.82) is 0 Å². The van der Waals surface area contributed by atoms with Gasteiger partial charge in [-0.2, -0.15) is 19.6 Å². The summed E-state index contributed by atoms with van der Waals surface area (Å²) in [4.78, 5) is 30.1. The second kappa shape index (κ2) is 8.26. The number of hydrogen-bond acceptors (Lipinski definition) is 9. The van der Waals surface area contributed by atoms with E-state index < -0.39 is 15.7 Å². The van der Waals surface area contributed by atoms with Crippen LogP contribution < -0.4 is 26.6 Å². The Morgan fingerprint density at radius 3 is 2.52 bits per heavy atom. The van der Waals surface area contributed by atoms with E-state index in [-0.39, 0.29) is 29.7 Å². The molecular formula is C19H25N9O4S. The molecular weight excluding hydrogens is 450 g/mol. The van der Waals surface area contributed by atoms with Crippen LogP contribution in [-0.2, 0) is 10.0 Å². The Morgan fingerprint density at radius 2 is 1.88 bits per heavy atom. The van der Waals surface area contributed by atoms with Gasteiger partial charge in [0.25, 0.3) is 5.62 Å². The smallest absolute Gasteiger partial charge is 0.326 e. The lowest BCUT2D eigenvalue weighted by Crippen LogP contribution is -2.40. The van der Waals surface area contributed by atoms with Gasteiger partial charge < -0.3 is 15.4 Å². The Balaban J connectivity index is 1.46. The summed E-state index contributed by atoms with van der Waals surface area (Å²) in [6, 6.07) is 0.253. The second-order valence-electron chi connectivity index (χ2n) is 8.61. The molecule has 13 nitrogen and oxygen atoms in total. The van der Waals surface area contributed by atoms with Crippen LogP contribution >= 0.6 is 0 Å². The Kier molecular flexibility index (Phi) is 5.40. The van der Waals surface area contributed by atoms with E-state index in [4.69, 9.17) is 0 Å². The van der Waals surface area contributed by atoms with Crippen molar-refractivity contribution in [3.63, 3.8) is 0 Å². The van der Waals surface area contributed by atoms with Gasteiger partial charge in [-0.1, -0.05) is 0 Å². The number of hydrogen-bond donors (Lipinski definition) is 5. The molecule has 176 valence electrons. The van der Waals surface area contributed by atoms with Crippen LogP contribution in [0.3, 0.4) is 0 Å². The van der Waals surface area contributed by atoms with Crippen molar-refractivity contribution in [2.75, 3.05) is 11.6 Å². The Labute approximate surface area is 188 Å². The third-order valence-corrected chi connectivity index (χ3v) is 6.46. The summed E-state index contributed by atoms with van der Waals surface area (Å²) in [6.45, 7) is 0. The first-order valence-corrected chi connectivity index (χ1v) is 12.7. The van der Waals surface area contributed by atoms with Gasteiger partial charge in [-0.15, -0.1) is 0 Å². The summed E-state index contributed by atoms with van der Waals surface area (Å²) in [5.41, 5.74) is 0.627. The minimum atomic E-state index is -3.22. The molecule has 3 aromatic rings. The number of aromatic hydroxyl groups is 1. The summed E-state index contributed by atoms with van der Waals surface area (Å²) in [5, 5.41) is 18.2. The fourth-order valence-electron chi connectivity index (χ4n) is 3.99. The summed E-state index contributed by atoms with van der Waals surface area (Å²) in [6.07, 6.45) is 9.32. The number of aromatic amines is 2. The Morgan fingerprint density at radius 1 is 1.15 bits per heavy atom. The lowest BCUT2D eigenvalue weighted by Gasteiger charge is -2.29. The summed E-state index contributed by atoms with van der Waals surface area (Å²) in [7, 11) is -3.22. The number of nitrogens with zero attached hydrogens (tertiary/aromatic N) is 5. The van der Waals surface area contributed by atoms with Crippen LogP contribution in [0.1, 0.15) is 44.2 Å². The third-order valence-electron chi connectivity index (χ3n) is 5.70. The van der Waals surface area contributed by atoms with Crippen LogP contribution in [0.25, 0.3) is 11.7 Å². The van der Waals surface area contributed by atoms with E-state index in [2.05, 4.69) is 40.1 Å².